The van der Waals surface area contributed by atoms with Gasteiger partial charge in [0.25, 0.3) is 0 Å². The van der Waals surface area contributed by atoms with Crippen LogP contribution in [0.5, 0.6) is 0 Å². The Morgan fingerprint density at radius 3 is 2.89 bits per heavy atom. The Morgan fingerprint density at radius 1 is 1.22 bits per heavy atom. The Hall–Kier alpha value is -1.10. The first-order chi connectivity index (χ1) is 8.65. The van der Waals surface area contributed by atoms with Crippen LogP contribution in [0.25, 0.3) is 20.8 Å². The average molecular weight is 340 g/mol. The molecule has 1 aromatic heterocycles. The number of hydrogen-bond acceptors (Lipinski definition) is 3. The SMILES string of the molecule is Nc1c(Br)cccc1-c1nc2ccc(Cl)cc2s1. The number of halogens is 2. The lowest BCUT2D eigenvalue weighted by Crippen LogP contribution is -1.90. The molecule has 0 spiro atoms. The number of nitrogens with zero attached hydrogens (tertiary/aromatic N) is 1. The van der Waals surface area contributed by atoms with E-state index in [1.807, 2.05) is 36.4 Å². The quantitative estimate of drug-likeness (QED) is 0.636. The van der Waals surface area contributed by atoms with Gasteiger partial charge in [0.05, 0.1) is 15.9 Å². The van der Waals surface area contributed by atoms with Crippen LogP contribution >= 0.6 is 38.9 Å². The summed E-state index contributed by atoms with van der Waals surface area (Å²) < 4.78 is 1.95. The van der Waals surface area contributed by atoms with E-state index in [9.17, 15) is 0 Å². The van der Waals surface area contributed by atoms with Gasteiger partial charge in [-0.15, -0.1) is 11.3 Å². The molecular formula is C13H8BrClN2S. The summed E-state index contributed by atoms with van der Waals surface area (Å²) >= 11 is 11.0. The second-order valence-electron chi connectivity index (χ2n) is 3.83. The molecule has 1 heterocycles. The predicted octanol–water partition coefficient (Wildman–Crippen LogP) is 4.96. The van der Waals surface area contributed by atoms with E-state index in [1.165, 1.54) is 0 Å². The van der Waals surface area contributed by atoms with Crippen molar-refractivity contribution in [1.29, 1.82) is 0 Å². The summed E-state index contributed by atoms with van der Waals surface area (Å²) in [4.78, 5) is 4.59. The third kappa shape index (κ3) is 2.00. The first-order valence-corrected chi connectivity index (χ1v) is 7.24. The van der Waals surface area contributed by atoms with Crippen LogP contribution in [0.15, 0.2) is 40.9 Å². The maximum absolute atomic E-state index is 6.06. The first kappa shape index (κ1) is 12.0. The maximum Gasteiger partial charge on any atom is 0.126 e. The van der Waals surface area contributed by atoms with Crippen LogP contribution in [-0.4, -0.2) is 4.98 Å². The van der Waals surface area contributed by atoms with E-state index in [0.29, 0.717) is 5.69 Å². The number of rotatable bonds is 1. The highest BCUT2D eigenvalue weighted by atomic mass is 79.9. The fourth-order valence-corrected chi connectivity index (χ4v) is 3.38. The Bertz CT molecular complexity index is 739. The molecule has 3 aromatic rings. The minimum Gasteiger partial charge on any atom is -0.397 e. The molecule has 2 nitrogen and oxygen atoms in total. The number of benzene rings is 2. The smallest absolute Gasteiger partial charge is 0.126 e. The van der Waals surface area contributed by atoms with E-state index in [2.05, 4.69) is 20.9 Å². The van der Waals surface area contributed by atoms with E-state index in [-0.39, 0.29) is 0 Å². The Kier molecular flexibility index (Phi) is 3.01. The lowest BCUT2D eigenvalue weighted by molar-refractivity contribution is 1.47. The van der Waals surface area contributed by atoms with Gasteiger partial charge in [-0.3, -0.25) is 0 Å². The number of thiazole rings is 1. The summed E-state index contributed by atoms with van der Waals surface area (Å²) in [5, 5.41) is 1.63. The molecule has 0 atom stereocenters. The number of nitrogen functional groups attached to an aromatic ring is 1. The Morgan fingerprint density at radius 2 is 2.06 bits per heavy atom. The average Bonchev–Trinajstić information content (AvgIpc) is 2.75. The fraction of sp³-hybridized carbons (Fsp3) is 0. The van der Waals surface area contributed by atoms with Gasteiger partial charge in [0, 0.05) is 15.1 Å². The van der Waals surface area contributed by atoms with Crippen LogP contribution in [0.1, 0.15) is 0 Å². The highest BCUT2D eigenvalue weighted by molar-refractivity contribution is 9.10. The molecule has 0 bridgehead atoms. The normalized spacial score (nSPS) is 11.0. The summed E-state index contributed by atoms with van der Waals surface area (Å²) in [6.45, 7) is 0. The van der Waals surface area contributed by atoms with Gasteiger partial charge in [0.1, 0.15) is 5.01 Å². The molecule has 18 heavy (non-hydrogen) atoms. The van der Waals surface area contributed by atoms with Crippen molar-refractivity contribution in [2.45, 2.75) is 0 Å². The van der Waals surface area contributed by atoms with Crippen LogP contribution in [-0.2, 0) is 0 Å². The number of aromatic nitrogens is 1. The predicted molar refractivity (Wildman–Crippen MR) is 82.2 cm³/mol. The van der Waals surface area contributed by atoms with Gasteiger partial charge in [0.15, 0.2) is 0 Å². The van der Waals surface area contributed by atoms with E-state index in [4.69, 9.17) is 17.3 Å². The molecule has 0 aliphatic rings. The molecule has 0 fully saturated rings. The lowest BCUT2D eigenvalue weighted by Gasteiger charge is -2.03. The van der Waals surface area contributed by atoms with Crippen molar-refractivity contribution in [3.8, 4) is 10.6 Å². The Labute approximate surface area is 122 Å². The van der Waals surface area contributed by atoms with Crippen LogP contribution in [0.3, 0.4) is 0 Å². The summed E-state index contributed by atoms with van der Waals surface area (Å²) in [6.07, 6.45) is 0. The van der Waals surface area contributed by atoms with Gasteiger partial charge >= 0.3 is 0 Å². The van der Waals surface area contributed by atoms with Crippen molar-refractivity contribution in [3.63, 3.8) is 0 Å². The van der Waals surface area contributed by atoms with E-state index in [0.717, 1.165) is 30.3 Å². The fourth-order valence-electron chi connectivity index (χ4n) is 1.74. The Balaban J connectivity index is 2.22. The third-order valence-corrected chi connectivity index (χ3v) is 4.61. The molecule has 2 N–H and O–H groups in total. The van der Waals surface area contributed by atoms with Crippen LogP contribution in [0.4, 0.5) is 5.69 Å². The molecule has 0 aliphatic heterocycles. The summed E-state index contributed by atoms with van der Waals surface area (Å²) in [7, 11) is 0. The molecule has 0 radical (unpaired) electrons. The van der Waals surface area contributed by atoms with Crippen molar-refractivity contribution in [1.82, 2.24) is 4.98 Å². The van der Waals surface area contributed by atoms with Gasteiger partial charge < -0.3 is 5.73 Å². The molecule has 0 saturated carbocycles. The molecule has 3 rings (SSSR count). The topological polar surface area (TPSA) is 38.9 Å². The van der Waals surface area contributed by atoms with Crippen molar-refractivity contribution in [3.05, 3.63) is 45.9 Å². The number of fused-ring (bicyclic) bond motifs is 1. The number of hydrogen-bond donors (Lipinski definition) is 1. The molecule has 0 aliphatic carbocycles. The summed E-state index contributed by atoms with van der Waals surface area (Å²) in [5.41, 5.74) is 8.66. The van der Waals surface area contributed by atoms with Gasteiger partial charge in [-0.05, 0) is 46.3 Å². The van der Waals surface area contributed by atoms with Crippen molar-refractivity contribution in [2.24, 2.45) is 0 Å². The van der Waals surface area contributed by atoms with Crippen molar-refractivity contribution < 1.29 is 0 Å². The zero-order valence-electron chi connectivity index (χ0n) is 9.15. The van der Waals surface area contributed by atoms with Gasteiger partial charge in [-0.25, -0.2) is 4.98 Å². The molecule has 90 valence electrons. The molecule has 0 saturated heterocycles. The minimum absolute atomic E-state index is 0.711. The van der Waals surface area contributed by atoms with E-state index < -0.39 is 0 Å². The van der Waals surface area contributed by atoms with Gasteiger partial charge in [-0.1, -0.05) is 17.7 Å². The molecule has 2 aromatic carbocycles. The highest BCUT2D eigenvalue weighted by Gasteiger charge is 2.10. The van der Waals surface area contributed by atoms with Crippen LogP contribution < -0.4 is 5.73 Å². The first-order valence-electron chi connectivity index (χ1n) is 5.25. The highest BCUT2D eigenvalue weighted by Crippen LogP contribution is 2.36. The summed E-state index contributed by atoms with van der Waals surface area (Å²) in [6, 6.07) is 11.5. The zero-order valence-corrected chi connectivity index (χ0v) is 12.3. The third-order valence-electron chi connectivity index (χ3n) is 2.63. The monoisotopic (exact) mass is 338 g/mol. The standard InChI is InChI=1S/C13H8BrClN2S/c14-9-3-1-2-8(12(9)16)13-17-10-5-4-7(15)6-11(10)18-13/h1-6H,16H2. The second kappa shape index (κ2) is 4.53. The van der Waals surface area contributed by atoms with Gasteiger partial charge in [-0.2, -0.15) is 0 Å². The maximum atomic E-state index is 6.06. The number of anilines is 1. The molecule has 5 heteroatoms. The van der Waals surface area contributed by atoms with Crippen molar-refractivity contribution in [2.75, 3.05) is 5.73 Å². The summed E-state index contributed by atoms with van der Waals surface area (Å²) in [5.74, 6) is 0. The molecular weight excluding hydrogens is 332 g/mol. The second-order valence-corrected chi connectivity index (χ2v) is 6.15. The van der Waals surface area contributed by atoms with Crippen LogP contribution in [0.2, 0.25) is 5.02 Å². The number of para-hydroxylation sites is 1. The van der Waals surface area contributed by atoms with E-state index >= 15 is 0 Å². The van der Waals surface area contributed by atoms with Gasteiger partial charge in [0.2, 0.25) is 0 Å². The van der Waals surface area contributed by atoms with E-state index in [1.54, 1.807) is 11.3 Å². The minimum atomic E-state index is 0.711. The van der Waals surface area contributed by atoms with Crippen LogP contribution in [0, 0.1) is 0 Å². The zero-order chi connectivity index (χ0) is 12.7. The molecule has 0 amide bonds. The number of nitrogens with two attached hydrogens (primary N) is 1. The molecule has 0 unspecified atom stereocenters. The van der Waals surface area contributed by atoms with Crippen molar-refractivity contribution >= 4 is 54.8 Å². The largest absolute Gasteiger partial charge is 0.397 e. The lowest BCUT2D eigenvalue weighted by atomic mass is 10.2.